The molecule has 0 fully saturated rings. The van der Waals surface area contributed by atoms with Crippen molar-refractivity contribution in [3.8, 4) is 0 Å². The lowest BCUT2D eigenvalue weighted by molar-refractivity contribution is -0.552. The number of hydrogen-bond donors (Lipinski definition) is 0. The summed E-state index contributed by atoms with van der Waals surface area (Å²) in [6, 6.07) is 5.38. The summed E-state index contributed by atoms with van der Waals surface area (Å²) in [7, 11) is 0. The molecule has 0 N–H and O–H groups in total. The molecule has 1 aromatic rings. The Balaban J connectivity index is 2.99. The lowest BCUT2D eigenvalue weighted by Gasteiger charge is -1.74. The Morgan fingerprint density at radius 2 is 1.75 bits per heavy atom. The first kappa shape index (κ1) is 4.97. The van der Waals surface area contributed by atoms with Gasteiger partial charge in [-0.15, -0.1) is 4.57 Å². The molecule has 2 nitrogen and oxygen atoms in total. The van der Waals surface area contributed by atoms with Gasteiger partial charge in [0.15, 0.2) is 12.4 Å². The van der Waals surface area contributed by atoms with E-state index in [9.17, 15) is 4.79 Å². The normalized spacial score (nSPS) is 8.50. The van der Waals surface area contributed by atoms with Crippen molar-refractivity contribution >= 4 is 6.41 Å². The molecule has 1 radical (unpaired) electrons. The second-order valence-corrected chi connectivity index (χ2v) is 1.37. The van der Waals surface area contributed by atoms with Crippen LogP contribution in [0, 0.1) is 0 Å². The summed E-state index contributed by atoms with van der Waals surface area (Å²) in [6.45, 7) is 0. The van der Waals surface area contributed by atoms with E-state index in [1.807, 2.05) is 6.07 Å². The Bertz CT molecular complexity index is 171. The van der Waals surface area contributed by atoms with Gasteiger partial charge in [-0.05, 0) is 0 Å². The Kier molecular flexibility index (Phi) is 1.37. The fourth-order valence-corrected chi connectivity index (χ4v) is 0.460. The second kappa shape index (κ2) is 2.21. The van der Waals surface area contributed by atoms with E-state index in [2.05, 4.69) is 0 Å². The lowest BCUT2D eigenvalue weighted by atomic mass is 10.5. The SMILES string of the molecule is O=[C][n+]1ccccc1. The van der Waals surface area contributed by atoms with Crippen molar-refractivity contribution in [3.63, 3.8) is 0 Å². The topological polar surface area (TPSA) is 20.9 Å². The fourth-order valence-electron chi connectivity index (χ4n) is 0.460. The molecular formula is C6H5NO+. The highest BCUT2D eigenvalue weighted by Gasteiger charge is 1.90. The van der Waals surface area contributed by atoms with Crippen LogP contribution >= 0.6 is 0 Å². The van der Waals surface area contributed by atoms with Crippen molar-refractivity contribution in [1.29, 1.82) is 0 Å². The fraction of sp³-hybridized carbons (Fsp3) is 0. The largest absolute Gasteiger partial charge is 0.534 e. The first-order chi connectivity index (χ1) is 3.93. The van der Waals surface area contributed by atoms with Crippen LogP contribution in [-0.4, -0.2) is 6.41 Å². The minimum atomic E-state index is 1.32. The van der Waals surface area contributed by atoms with Crippen LogP contribution in [0.25, 0.3) is 0 Å². The summed E-state index contributed by atoms with van der Waals surface area (Å²) in [5.41, 5.74) is 0. The molecule has 0 aliphatic carbocycles. The van der Waals surface area contributed by atoms with Crippen LogP contribution in [0.1, 0.15) is 0 Å². The van der Waals surface area contributed by atoms with Crippen LogP contribution in [0.2, 0.25) is 0 Å². The molecule has 1 rings (SSSR count). The lowest BCUT2D eigenvalue weighted by Crippen LogP contribution is -2.30. The maximum Gasteiger partial charge on any atom is 0.534 e. The third kappa shape index (κ3) is 0.904. The zero-order valence-corrected chi connectivity index (χ0v) is 4.24. The van der Waals surface area contributed by atoms with Gasteiger partial charge in [-0.3, -0.25) is 0 Å². The predicted octanol–water partition coefficient (Wildman–Crippen LogP) is -0.111. The van der Waals surface area contributed by atoms with E-state index in [0.29, 0.717) is 0 Å². The molecule has 0 aromatic carbocycles. The number of hydrogen-bond acceptors (Lipinski definition) is 1. The molecule has 0 aliphatic rings. The van der Waals surface area contributed by atoms with Gasteiger partial charge in [0.2, 0.25) is 0 Å². The third-order valence-corrected chi connectivity index (χ3v) is 0.821. The number of aromatic nitrogens is 1. The van der Waals surface area contributed by atoms with Crippen LogP contribution in [0.5, 0.6) is 0 Å². The van der Waals surface area contributed by atoms with Gasteiger partial charge in [-0.25, -0.2) is 4.79 Å². The van der Waals surface area contributed by atoms with E-state index in [4.69, 9.17) is 0 Å². The Labute approximate surface area is 47.4 Å². The molecule has 0 spiro atoms. The minimum Gasteiger partial charge on any atom is -0.202 e. The molecular weight excluding hydrogens is 102 g/mol. The molecule has 0 saturated heterocycles. The van der Waals surface area contributed by atoms with Crippen LogP contribution < -0.4 is 4.57 Å². The third-order valence-electron chi connectivity index (χ3n) is 0.821. The number of carbonyl (C=O) groups excluding carboxylic acids is 1. The zero-order valence-electron chi connectivity index (χ0n) is 4.24. The molecule has 1 aromatic heterocycles. The summed E-state index contributed by atoms with van der Waals surface area (Å²) in [6.07, 6.45) is 4.96. The monoisotopic (exact) mass is 107 g/mol. The van der Waals surface area contributed by atoms with Gasteiger partial charge in [-0.2, -0.15) is 0 Å². The van der Waals surface area contributed by atoms with E-state index in [0.717, 1.165) is 0 Å². The van der Waals surface area contributed by atoms with Crippen molar-refractivity contribution in [1.82, 2.24) is 0 Å². The summed E-state index contributed by atoms with van der Waals surface area (Å²) in [4.78, 5) is 9.84. The smallest absolute Gasteiger partial charge is 0.202 e. The number of rotatable bonds is 1. The first-order valence-electron chi connectivity index (χ1n) is 2.28. The van der Waals surface area contributed by atoms with Gasteiger partial charge in [0, 0.05) is 12.1 Å². The Morgan fingerprint density at radius 1 is 1.12 bits per heavy atom. The Hall–Kier alpha value is -1.18. The van der Waals surface area contributed by atoms with Crippen molar-refractivity contribution in [3.05, 3.63) is 30.6 Å². The van der Waals surface area contributed by atoms with Crippen LogP contribution in [0.15, 0.2) is 30.6 Å². The van der Waals surface area contributed by atoms with Gasteiger partial charge in [-0.1, -0.05) is 6.07 Å². The highest BCUT2D eigenvalue weighted by Crippen LogP contribution is 1.71. The maximum atomic E-state index is 9.84. The Morgan fingerprint density at radius 3 is 2.12 bits per heavy atom. The molecule has 0 bridgehead atoms. The van der Waals surface area contributed by atoms with E-state index in [1.54, 1.807) is 30.9 Å². The van der Waals surface area contributed by atoms with E-state index in [1.165, 1.54) is 4.57 Å². The van der Waals surface area contributed by atoms with E-state index >= 15 is 0 Å². The summed E-state index contributed by atoms with van der Waals surface area (Å²) >= 11 is 0. The molecule has 0 amide bonds. The number of nitrogens with zero attached hydrogens (tertiary/aromatic N) is 1. The molecule has 2 heteroatoms. The molecule has 0 aliphatic heterocycles. The van der Waals surface area contributed by atoms with Gasteiger partial charge in [0.1, 0.15) is 0 Å². The van der Waals surface area contributed by atoms with Crippen molar-refractivity contribution in [2.45, 2.75) is 0 Å². The molecule has 0 atom stereocenters. The van der Waals surface area contributed by atoms with Crippen molar-refractivity contribution in [2.75, 3.05) is 0 Å². The van der Waals surface area contributed by atoms with Crippen LogP contribution in [0.4, 0.5) is 0 Å². The van der Waals surface area contributed by atoms with Gasteiger partial charge < -0.3 is 0 Å². The van der Waals surface area contributed by atoms with Crippen LogP contribution in [0.3, 0.4) is 0 Å². The molecule has 0 unspecified atom stereocenters. The van der Waals surface area contributed by atoms with E-state index in [-0.39, 0.29) is 0 Å². The summed E-state index contributed by atoms with van der Waals surface area (Å²) in [5.74, 6) is 0. The highest BCUT2D eigenvalue weighted by molar-refractivity contribution is 5.34. The quantitative estimate of drug-likeness (QED) is 0.459. The molecule has 8 heavy (non-hydrogen) atoms. The van der Waals surface area contributed by atoms with E-state index < -0.39 is 0 Å². The van der Waals surface area contributed by atoms with Crippen molar-refractivity contribution < 1.29 is 9.36 Å². The van der Waals surface area contributed by atoms with Gasteiger partial charge in [0.05, 0.1) is 0 Å². The maximum absolute atomic E-state index is 9.84. The second-order valence-electron chi connectivity index (χ2n) is 1.37. The van der Waals surface area contributed by atoms with Crippen LogP contribution in [-0.2, 0) is 4.79 Å². The van der Waals surface area contributed by atoms with Gasteiger partial charge >= 0.3 is 6.41 Å². The molecule has 39 valence electrons. The highest BCUT2D eigenvalue weighted by atomic mass is 16.1. The average molecular weight is 107 g/mol. The summed E-state index contributed by atoms with van der Waals surface area (Å²) in [5, 5.41) is 0. The standard InChI is InChI=1S/C6H5NO/c8-6-7-4-2-1-3-5-7/h1-5H/q+1. The minimum absolute atomic E-state index is 1.32. The molecule has 0 saturated carbocycles. The zero-order chi connectivity index (χ0) is 5.82. The predicted molar refractivity (Wildman–Crippen MR) is 27.7 cm³/mol. The molecule has 1 heterocycles. The summed E-state index contributed by atoms with van der Waals surface area (Å²) < 4.78 is 1.32. The average Bonchev–Trinajstić information content (AvgIpc) is 1.90. The number of pyridine rings is 1. The van der Waals surface area contributed by atoms with Gasteiger partial charge in [0.25, 0.3) is 0 Å². The first-order valence-corrected chi connectivity index (χ1v) is 2.28. The van der Waals surface area contributed by atoms with Crippen molar-refractivity contribution in [2.24, 2.45) is 0 Å².